The number of hydrogen-bond acceptors (Lipinski definition) is 3. The molecule has 1 rings (SSSR count). The molecule has 0 aliphatic carbocycles. The Morgan fingerprint density at radius 3 is 2.67 bits per heavy atom. The summed E-state index contributed by atoms with van der Waals surface area (Å²) in [5, 5.41) is 3.79. The Hall–Kier alpha value is -0.150. The molecule has 9 heavy (non-hydrogen) atoms. The van der Waals surface area contributed by atoms with Crippen LogP contribution in [0.4, 0.5) is 0 Å². The fourth-order valence-electron chi connectivity index (χ4n) is 0.915. The molecule has 0 aromatic carbocycles. The second-order valence-corrected chi connectivity index (χ2v) is 3.70. The van der Waals surface area contributed by atoms with Crippen molar-refractivity contribution in [3.63, 3.8) is 0 Å². The summed E-state index contributed by atoms with van der Waals surface area (Å²) in [7, 11) is 0. The molecule has 1 aliphatic heterocycles. The van der Waals surface area contributed by atoms with Gasteiger partial charge in [-0.15, -0.1) is 11.8 Å². The maximum absolute atomic E-state index is 5.45. The first kappa shape index (κ1) is 6.96. The van der Waals surface area contributed by atoms with Gasteiger partial charge in [0.05, 0.1) is 5.37 Å². The average molecular weight is 144 g/mol. The molecular weight excluding hydrogens is 132 g/mol. The summed E-state index contributed by atoms with van der Waals surface area (Å²) >= 11 is 1.84. The molecule has 3 N–H and O–H groups in total. The molecule has 0 aromatic rings. The van der Waals surface area contributed by atoms with Crippen LogP contribution in [-0.4, -0.2) is 11.9 Å². The van der Waals surface area contributed by atoms with Gasteiger partial charge < -0.3 is 11.1 Å². The highest BCUT2D eigenvalue weighted by atomic mass is 32.2. The van der Waals surface area contributed by atoms with Gasteiger partial charge in [0.15, 0.2) is 0 Å². The predicted octanol–water partition coefficient (Wildman–Crippen LogP) is 0.859. The summed E-state index contributed by atoms with van der Waals surface area (Å²) in [6.45, 7) is 4.88. The van der Waals surface area contributed by atoms with Gasteiger partial charge in [-0.25, -0.2) is 0 Å². The molecule has 0 amide bonds. The first-order valence-corrected chi connectivity index (χ1v) is 3.95. The first-order chi connectivity index (χ1) is 4.24. The topological polar surface area (TPSA) is 38.0 Å². The molecule has 2 nitrogen and oxygen atoms in total. The van der Waals surface area contributed by atoms with E-state index in [0.717, 1.165) is 0 Å². The molecule has 0 radical (unpaired) electrons. The van der Waals surface area contributed by atoms with Crippen molar-refractivity contribution in [2.45, 2.75) is 19.2 Å². The second-order valence-electron chi connectivity index (χ2n) is 2.14. The molecule has 1 aliphatic rings. The van der Waals surface area contributed by atoms with E-state index in [1.807, 2.05) is 11.8 Å². The second kappa shape index (κ2) is 2.62. The van der Waals surface area contributed by atoms with Crippen molar-refractivity contribution in [1.82, 2.24) is 5.32 Å². The van der Waals surface area contributed by atoms with Gasteiger partial charge in [0, 0.05) is 17.1 Å². The largest absolute Gasteiger partial charge is 0.375 e. The summed E-state index contributed by atoms with van der Waals surface area (Å²) in [6, 6.07) is 0. The molecule has 1 unspecified atom stereocenters. The minimum atomic E-state index is 0.517. The van der Waals surface area contributed by atoms with Gasteiger partial charge in [-0.3, -0.25) is 0 Å². The molecule has 1 heterocycles. The summed E-state index contributed by atoms with van der Waals surface area (Å²) in [5.41, 5.74) is 6.65. The van der Waals surface area contributed by atoms with E-state index in [1.54, 1.807) is 0 Å². The first-order valence-electron chi connectivity index (χ1n) is 3.07. The lowest BCUT2D eigenvalue weighted by atomic mass is 10.4. The van der Waals surface area contributed by atoms with Crippen LogP contribution in [-0.2, 0) is 0 Å². The lowest BCUT2D eigenvalue weighted by Gasteiger charge is -2.03. The molecule has 0 spiro atoms. The molecule has 0 aromatic heterocycles. The standard InChI is InChI=1S/C6H12N2S/c1-4-6(3-7)8-5(2)9-4/h5,8H,3,7H2,1-2H3. The Morgan fingerprint density at radius 1 is 1.78 bits per heavy atom. The molecule has 0 saturated heterocycles. The molecule has 0 bridgehead atoms. The predicted molar refractivity (Wildman–Crippen MR) is 41.9 cm³/mol. The van der Waals surface area contributed by atoms with E-state index in [-0.39, 0.29) is 0 Å². The SMILES string of the molecule is CC1=C(CN)NC(C)S1. The lowest BCUT2D eigenvalue weighted by molar-refractivity contribution is 0.794. The number of nitrogens with two attached hydrogens (primary N) is 1. The molecule has 0 fully saturated rings. The maximum Gasteiger partial charge on any atom is 0.0735 e. The van der Waals surface area contributed by atoms with E-state index >= 15 is 0 Å². The Balaban J connectivity index is 2.58. The summed E-state index contributed by atoms with van der Waals surface area (Å²) in [6.07, 6.45) is 0. The van der Waals surface area contributed by atoms with E-state index in [1.165, 1.54) is 10.6 Å². The van der Waals surface area contributed by atoms with Crippen LogP contribution in [0, 0.1) is 0 Å². The molecule has 1 atom stereocenters. The van der Waals surface area contributed by atoms with Crippen molar-refractivity contribution < 1.29 is 0 Å². The zero-order chi connectivity index (χ0) is 6.85. The van der Waals surface area contributed by atoms with E-state index in [4.69, 9.17) is 5.73 Å². The third-order valence-corrected chi connectivity index (χ3v) is 2.43. The van der Waals surface area contributed by atoms with Crippen LogP contribution >= 0.6 is 11.8 Å². The van der Waals surface area contributed by atoms with Gasteiger partial charge in [-0.2, -0.15) is 0 Å². The van der Waals surface area contributed by atoms with E-state index in [0.29, 0.717) is 11.9 Å². The smallest absolute Gasteiger partial charge is 0.0735 e. The normalized spacial score (nSPS) is 26.8. The van der Waals surface area contributed by atoms with E-state index in [9.17, 15) is 0 Å². The quantitative estimate of drug-likeness (QED) is 0.573. The van der Waals surface area contributed by atoms with Crippen LogP contribution in [0.15, 0.2) is 10.6 Å². The van der Waals surface area contributed by atoms with E-state index < -0.39 is 0 Å². The third kappa shape index (κ3) is 1.40. The minimum absolute atomic E-state index is 0.517. The fourth-order valence-corrected chi connectivity index (χ4v) is 1.93. The van der Waals surface area contributed by atoms with E-state index in [2.05, 4.69) is 19.2 Å². The zero-order valence-corrected chi connectivity index (χ0v) is 6.59. The van der Waals surface area contributed by atoms with Crippen molar-refractivity contribution >= 4 is 11.8 Å². The van der Waals surface area contributed by atoms with Crippen LogP contribution in [0.3, 0.4) is 0 Å². The van der Waals surface area contributed by atoms with Crippen molar-refractivity contribution in [3.05, 3.63) is 10.6 Å². The van der Waals surface area contributed by atoms with Gasteiger partial charge >= 0.3 is 0 Å². The maximum atomic E-state index is 5.45. The minimum Gasteiger partial charge on any atom is -0.375 e. The van der Waals surface area contributed by atoms with Crippen molar-refractivity contribution in [2.75, 3.05) is 6.54 Å². The Kier molecular flexibility index (Phi) is 2.03. The van der Waals surface area contributed by atoms with Crippen molar-refractivity contribution in [2.24, 2.45) is 5.73 Å². The lowest BCUT2D eigenvalue weighted by Crippen LogP contribution is -2.21. The summed E-state index contributed by atoms with van der Waals surface area (Å²) in [4.78, 5) is 1.34. The van der Waals surface area contributed by atoms with Gasteiger partial charge in [0.2, 0.25) is 0 Å². The van der Waals surface area contributed by atoms with Gasteiger partial charge in [-0.1, -0.05) is 0 Å². The summed E-state index contributed by atoms with van der Waals surface area (Å²) in [5.74, 6) is 0. The Morgan fingerprint density at radius 2 is 2.44 bits per heavy atom. The van der Waals surface area contributed by atoms with Crippen LogP contribution < -0.4 is 11.1 Å². The molecule has 0 saturated carbocycles. The number of hydrogen-bond donors (Lipinski definition) is 2. The van der Waals surface area contributed by atoms with Crippen LogP contribution in [0.1, 0.15) is 13.8 Å². The highest BCUT2D eigenvalue weighted by Crippen LogP contribution is 2.28. The number of rotatable bonds is 1. The highest BCUT2D eigenvalue weighted by molar-refractivity contribution is 8.03. The third-order valence-electron chi connectivity index (χ3n) is 1.36. The fraction of sp³-hybridized carbons (Fsp3) is 0.667. The average Bonchev–Trinajstić information content (AvgIpc) is 2.10. The van der Waals surface area contributed by atoms with Gasteiger partial charge in [0.25, 0.3) is 0 Å². The monoisotopic (exact) mass is 144 g/mol. The van der Waals surface area contributed by atoms with Gasteiger partial charge in [-0.05, 0) is 13.8 Å². The Bertz CT molecular complexity index is 142. The zero-order valence-electron chi connectivity index (χ0n) is 5.77. The summed E-state index contributed by atoms with van der Waals surface area (Å²) < 4.78 is 0. The van der Waals surface area contributed by atoms with Crippen LogP contribution in [0.2, 0.25) is 0 Å². The number of thioether (sulfide) groups is 1. The molecular formula is C6H12N2S. The van der Waals surface area contributed by atoms with Gasteiger partial charge in [0.1, 0.15) is 0 Å². The number of nitrogens with one attached hydrogen (secondary N) is 1. The van der Waals surface area contributed by atoms with Crippen LogP contribution in [0.25, 0.3) is 0 Å². The highest BCUT2D eigenvalue weighted by Gasteiger charge is 2.14. The number of allylic oxidation sites excluding steroid dienone is 1. The van der Waals surface area contributed by atoms with Crippen LogP contribution in [0.5, 0.6) is 0 Å². The molecule has 52 valence electrons. The van der Waals surface area contributed by atoms with Crippen molar-refractivity contribution in [3.8, 4) is 0 Å². The Labute approximate surface area is 59.9 Å². The van der Waals surface area contributed by atoms with Crippen molar-refractivity contribution in [1.29, 1.82) is 0 Å². The molecule has 3 heteroatoms.